The smallest absolute Gasteiger partial charge is 0.382 e. The number of thioether (sulfide) groups is 1. The van der Waals surface area contributed by atoms with Crippen LogP contribution in [0.25, 0.3) is 0 Å². The van der Waals surface area contributed by atoms with Gasteiger partial charge >= 0.3 is 6.18 Å². The summed E-state index contributed by atoms with van der Waals surface area (Å²) in [5, 5.41) is 9.18. The van der Waals surface area contributed by atoms with Crippen LogP contribution in [0.2, 0.25) is 5.02 Å². The largest absolute Gasteiger partial charge is 0.434 e. The fourth-order valence-corrected chi connectivity index (χ4v) is 2.50. The fraction of sp³-hybridized carbons (Fsp3) is 0.154. The summed E-state index contributed by atoms with van der Waals surface area (Å²) in [6.07, 6.45) is -4.77. The first-order chi connectivity index (χ1) is 10.3. The Hall–Kier alpha value is -1.98. The lowest BCUT2D eigenvalue weighted by atomic mass is 10.2. The molecule has 4 nitrogen and oxygen atoms in total. The van der Waals surface area contributed by atoms with Crippen LogP contribution in [0.4, 0.5) is 19.0 Å². The summed E-state index contributed by atoms with van der Waals surface area (Å²) in [5.41, 5.74) is 4.18. The summed E-state index contributed by atoms with van der Waals surface area (Å²) < 4.78 is 38.6. The van der Waals surface area contributed by atoms with Gasteiger partial charge in [-0.15, -0.1) is 0 Å². The molecule has 2 rings (SSSR count). The van der Waals surface area contributed by atoms with Gasteiger partial charge in [0, 0.05) is 10.8 Å². The maximum absolute atomic E-state index is 12.9. The van der Waals surface area contributed by atoms with Crippen molar-refractivity contribution in [2.24, 2.45) is 0 Å². The summed E-state index contributed by atoms with van der Waals surface area (Å²) in [7, 11) is 0. The van der Waals surface area contributed by atoms with Gasteiger partial charge in [-0.25, -0.2) is 9.97 Å². The first kappa shape index (κ1) is 16.4. The van der Waals surface area contributed by atoms with Crippen molar-refractivity contribution in [2.45, 2.75) is 17.1 Å². The van der Waals surface area contributed by atoms with Gasteiger partial charge in [-0.05, 0) is 17.7 Å². The topological polar surface area (TPSA) is 75.6 Å². The third-order valence-corrected chi connectivity index (χ3v) is 3.75. The Morgan fingerprint density at radius 1 is 1.23 bits per heavy atom. The molecule has 2 N–H and O–H groups in total. The van der Waals surface area contributed by atoms with E-state index in [4.69, 9.17) is 22.6 Å². The molecule has 1 heterocycles. The van der Waals surface area contributed by atoms with Crippen LogP contribution >= 0.6 is 23.4 Å². The van der Waals surface area contributed by atoms with Crippen LogP contribution in [0, 0.1) is 11.3 Å². The van der Waals surface area contributed by atoms with Crippen LogP contribution in [0.15, 0.2) is 29.4 Å². The van der Waals surface area contributed by atoms with E-state index in [0.29, 0.717) is 10.8 Å². The van der Waals surface area contributed by atoms with Crippen molar-refractivity contribution in [1.82, 2.24) is 9.97 Å². The Balaban J connectivity index is 2.27. The van der Waals surface area contributed by atoms with Crippen molar-refractivity contribution in [3.8, 4) is 6.07 Å². The van der Waals surface area contributed by atoms with Crippen LogP contribution in [-0.4, -0.2) is 9.97 Å². The van der Waals surface area contributed by atoms with Crippen LogP contribution < -0.4 is 5.73 Å². The van der Waals surface area contributed by atoms with Gasteiger partial charge in [0.05, 0.1) is 0 Å². The van der Waals surface area contributed by atoms with Gasteiger partial charge in [0.1, 0.15) is 17.5 Å². The Morgan fingerprint density at radius 3 is 2.41 bits per heavy atom. The second-order valence-electron chi connectivity index (χ2n) is 4.14. The number of hydrogen-bond donors (Lipinski definition) is 1. The van der Waals surface area contributed by atoms with Crippen LogP contribution in [-0.2, 0) is 11.9 Å². The molecule has 114 valence electrons. The predicted molar refractivity (Wildman–Crippen MR) is 77.2 cm³/mol. The normalized spacial score (nSPS) is 11.2. The molecule has 0 unspecified atom stereocenters. The van der Waals surface area contributed by atoms with Gasteiger partial charge in [-0.2, -0.15) is 18.4 Å². The summed E-state index contributed by atoms with van der Waals surface area (Å²) in [4.78, 5) is 7.14. The van der Waals surface area contributed by atoms with E-state index in [-0.39, 0.29) is 5.16 Å². The van der Waals surface area contributed by atoms with Crippen molar-refractivity contribution >= 4 is 29.2 Å². The summed E-state index contributed by atoms with van der Waals surface area (Å²) in [6, 6.07) is 8.22. The minimum atomic E-state index is -4.77. The molecular formula is C13H8ClF3N4S. The standard InChI is InChI=1S/C13H8ClF3N4S/c14-8-3-1-7(2-4-8)6-22-12-20-10(13(15,16)17)9(5-18)11(19)21-12/h1-4H,6H2,(H2,19,20,21). The molecule has 2 aromatic rings. The molecule has 0 radical (unpaired) electrons. The molecule has 0 spiro atoms. The van der Waals surface area contributed by atoms with Crippen molar-refractivity contribution in [1.29, 1.82) is 5.26 Å². The fourth-order valence-electron chi connectivity index (χ4n) is 1.57. The van der Waals surface area contributed by atoms with Crippen molar-refractivity contribution in [3.05, 3.63) is 46.1 Å². The predicted octanol–water partition coefficient (Wildman–Crippen LogP) is 3.89. The van der Waals surface area contributed by atoms with Crippen molar-refractivity contribution in [3.63, 3.8) is 0 Å². The highest BCUT2D eigenvalue weighted by Crippen LogP contribution is 2.33. The zero-order valence-corrected chi connectivity index (χ0v) is 12.4. The molecule has 0 fully saturated rings. The second-order valence-corrected chi connectivity index (χ2v) is 5.52. The third kappa shape index (κ3) is 3.81. The van der Waals surface area contributed by atoms with E-state index in [1.807, 2.05) is 0 Å². The minimum Gasteiger partial charge on any atom is -0.382 e. The molecule has 9 heteroatoms. The Bertz CT molecular complexity index is 726. The molecule has 0 aliphatic rings. The Morgan fingerprint density at radius 2 is 1.86 bits per heavy atom. The van der Waals surface area contributed by atoms with Gasteiger partial charge in [0.15, 0.2) is 10.9 Å². The quantitative estimate of drug-likeness (QED) is 0.675. The molecule has 22 heavy (non-hydrogen) atoms. The van der Waals surface area contributed by atoms with E-state index in [9.17, 15) is 13.2 Å². The molecule has 0 bridgehead atoms. The second kappa shape index (κ2) is 6.42. The van der Waals surface area contributed by atoms with Gasteiger partial charge in [0.2, 0.25) is 0 Å². The highest BCUT2D eigenvalue weighted by atomic mass is 35.5. The minimum absolute atomic E-state index is 0.140. The first-order valence-corrected chi connectivity index (χ1v) is 7.19. The molecule has 0 amide bonds. The van der Waals surface area contributed by atoms with E-state index in [1.165, 1.54) is 6.07 Å². The SMILES string of the molecule is N#Cc1c(N)nc(SCc2ccc(Cl)cc2)nc1C(F)(F)F. The molecule has 1 aromatic heterocycles. The van der Waals surface area contributed by atoms with Crippen LogP contribution in [0.1, 0.15) is 16.8 Å². The van der Waals surface area contributed by atoms with Crippen LogP contribution in [0.3, 0.4) is 0 Å². The van der Waals surface area contributed by atoms with E-state index in [0.717, 1.165) is 17.3 Å². The first-order valence-electron chi connectivity index (χ1n) is 5.83. The summed E-state index contributed by atoms with van der Waals surface area (Å²) >= 11 is 6.74. The Kier molecular flexibility index (Phi) is 4.78. The maximum atomic E-state index is 12.9. The number of nitrogens with two attached hydrogens (primary N) is 1. The lowest BCUT2D eigenvalue weighted by Crippen LogP contribution is -2.14. The van der Waals surface area contributed by atoms with Crippen molar-refractivity contribution < 1.29 is 13.2 Å². The number of alkyl halides is 3. The number of anilines is 1. The third-order valence-electron chi connectivity index (χ3n) is 2.58. The highest BCUT2D eigenvalue weighted by molar-refractivity contribution is 7.98. The number of nitrogens with zero attached hydrogens (tertiary/aromatic N) is 3. The summed E-state index contributed by atoms with van der Waals surface area (Å²) in [6.45, 7) is 0. The van der Waals surface area contributed by atoms with E-state index in [1.54, 1.807) is 24.3 Å². The zero-order valence-electron chi connectivity index (χ0n) is 10.9. The lowest BCUT2D eigenvalue weighted by molar-refractivity contribution is -0.141. The summed E-state index contributed by atoms with van der Waals surface area (Å²) in [5.74, 6) is -0.136. The lowest BCUT2D eigenvalue weighted by Gasteiger charge is -2.10. The van der Waals surface area contributed by atoms with E-state index >= 15 is 0 Å². The van der Waals surface area contributed by atoms with Gasteiger partial charge in [0.25, 0.3) is 0 Å². The molecule has 1 aromatic carbocycles. The van der Waals surface area contributed by atoms with Crippen LogP contribution in [0.5, 0.6) is 0 Å². The van der Waals surface area contributed by atoms with E-state index < -0.39 is 23.3 Å². The van der Waals surface area contributed by atoms with Gasteiger partial charge < -0.3 is 5.73 Å². The Labute approximate surface area is 133 Å². The number of nitrogen functional groups attached to an aromatic ring is 1. The van der Waals surface area contributed by atoms with Crippen molar-refractivity contribution in [2.75, 3.05) is 5.73 Å². The number of benzene rings is 1. The highest BCUT2D eigenvalue weighted by Gasteiger charge is 2.37. The molecule has 0 saturated carbocycles. The zero-order chi connectivity index (χ0) is 16.3. The monoisotopic (exact) mass is 344 g/mol. The van der Waals surface area contributed by atoms with E-state index in [2.05, 4.69) is 9.97 Å². The number of nitriles is 1. The average molecular weight is 345 g/mol. The molecule has 0 saturated heterocycles. The molecule has 0 aliphatic carbocycles. The number of rotatable bonds is 3. The number of hydrogen-bond acceptors (Lipinski definition) is 5. The van der Waals surface area contributed by atoms with Gasteiger partial charge in [-0.3, -0.25) is 0 Å². The number of aromatic nitrogens is 2. The van der Waals surface area contributed by atoms with Gasteiger partial charge in [-0.1, -0.05) is 35.5 Å². The molecular weight excluding hydrogens is 337 g/mol. The molecule has 0 aliphatic heterocycles. The maximum Gasteiger partial charge on any atom is 0.434 e. The average Bonchev–Trinajstić information content (AvgIpc) is 2.45. The number of halogens is 4. The molecule has 0 atom stereocenters.